The first-order valence-corrected chi connectivity index (χ1v) is 4.32. The molecule has 0 radical (unpaired) electrons. The van der Waals surface area contributed by atoms with Crippen molar-refractivity contribution in [2.75, 3.05) is 7.11 Å². The molecule has 0 N–H and O–H groups in total. The number of ether oxygens (including phenoxy) is 1. The molecule has 0 aromatic heterocycles. The number of Topliss-reactive ketones (excluding diaryl/α,β-unsaturated/α-hetero) is 1. The van der Waals surface area contributed by atoms with Gasteiger partial charge in [0.15, 0.2) is 12.1 Å². The average Bonchev–Trinajstić information content (AvgIpc) is 2.17. The summed E-state index contributed by atoms with van der Waals surface area (Å²) in [6.45, 7) is 1.36. The molecular formula is C10H9ClO3. The highest BCUT2D eigenvalue weighted by atomic mass is 35.5. The number of halogens is 1. The van der Waals surface area contributed by atoms with E-state index in [9.17, 15) is 9.59 Å². The van der Waals surface area contributed by atoms with E-state index in [1.54, 1.807) is 0 Å². The third-order valence-corrected chi connectivity index (χ3v) is 2.12. The molecule has 0 heterocycles. The van der Waals surface area contributed by atoms with Gasteiger partial charge in [0.25, 0.3) is 0 Å². The fourth-order valence-corrected chi connectivity index (χ4v) is 1.47. The summed E-state index contributed by atoms with van der Waals surface area (Å²) in [6, 6.07) is 3.02. The van der Waals surface area contributed by atoms with Crippen molar-refractivity contribution in [3.8, 4) is 5.75 Å². The Labute approximate surface area is 86.6 Å². The van der Waals surface area contributed by atoms with Gasteiger partial charge in [0.2, 0.25) is 0 Å². The van der Waals surface area contributed by atoms with Crippen LogP contribution in [0.25, 0.3) is 0 Å². The summed E-state index contributed by atoms with van der Waals surface area (Å²) < 4.78 is 4.97. The first kappa shape index (κ1) is 10.7. The number of rotatable bonds is 3. The molecule has 0 aliphatic carbocycles. The van der Waals surface area contributed by atoms with Crippen LogP contribution in [-0.4, -0.2) is 19.2 Å². The lowest BCUT2D eigenvalue weighted by Crippen LogP contribution is -2.03. The van der Waals surface area contributed by atoms with Crippen LogP contribution in [0.5, 0.6) is 5.75 Å². The molecule has 0 aliphatic heterocycles. The number of methoxy groups -OCH3 is 1. The van der Waals surface area contributed by atoms with E-state index in [0.717, 1.165) is 0 Å². The molecule has 0 atom stereocenters. The number of carbonyl (C=O) groups excluding carboxylic acids is 2. The van der Waals surface area contributed by atoms with Crippen LogP contribution in [-0.2, 0) is 0 Å². The summed E-state index contributed by atoms with van der Waals surface area (Å²) in [5.74, 6) is 0.00946. The predicted molar refractivity (Wildman–Crippen MR) is 53.4 cm³/mol. The smallest absolute Gasteiger partial charge is 0.164 e. The summed E-state index contributed by atoms with van der Waals surface area (Å²) >= 11 is 5.81. The molecule has 74 valence electrons. The summed E-state index contributed by atoms with van der Waals surface area (Å²) in [5, 5.41) is 0.323. The lowest BCUT2D eigenvalue weighted by Gasteiger charge is -2.09. The minimum absolute atomic E-state index is 0.231. The van der Waals surface area contributed by atoms with Gasteiger partial charge in [-0.05, 0) is 19.1 Å². The Hall–Kier alpha value is -1.35. The topological polar surface area (TPSA) is 43.4 Å². The number of carbonyl (C=O) groups is 2. The maximum Gasteiger partial charge on any atom is 0.164 e. The molecule has 1 aromatic carbocycles. The molecule has 1 aromatic rings. The molecule has 0 saturated carbocycles. The van der Waals surface area contributed by atoms with Gasteiger partial charge < -0.3 is 4.74 Å². The third-order valence-electron chi connectivity index (χ3n) is 1.83. The van der Waals surface area contributed by atoms with Gasteiger partial charge >= 0.3 is 0 Å². The largest absolute Gasteiger partial charge is 0.494 e. The van der Waals surface area contributed by atoms with Crippen molar-refractivity contribution in [3.63, 3.8) is 0 Å². The molecule has 14 heavy (non-hydrogen) atoms. The first-order valence-electron chi connectivity index (χ1n) is 3.94. The zero-order chi connectivity index (χ0) is 10.7. The normalized spacial score (nSPS) is 9.64. The zero-order valence-corrected chi connectivity index (χ0v) is 8.59. The van der Waals surface area contributed by atoms with Crippen LogP contribution in [0.2, 0.25) is 5.02 Å². The molecule has 0 unspecified atom stereocenters. The van der Waals surface area contributed by atoms with Gasteiger partial charge in [0, 0.05) is 5.56 Å². The zero-order valence-electron chi connectivity index (χ0n) is 7.83. The molecular weight excluding hydrogens is 204 g/mol. The van der Waals surface area contributed by atoms with Gasteiger partial charge in [-0.2, -0.15) is 0 Å². The molecule has 1 rings (SSSR count). The van der Waals surface area contributed by atoms with Crippen LogP contribution >= 0.6 is 11.6 Å². The molecule has 0 amide bonds. The number of ketones is 1. The van der Waals surface area contributed by atoms with Crippen molar-refractivity contribution < 1.29 is 14.3 Å². The maximum atomic E-state index is 11.3. The van der Waals surface area contributed by atoms with Gasteiger partial charge in [0.05, 0.1) is 17.7 Å². The highest BCUT2D eigenvalue weighted by Gasteiger charge is 2.16. The summed E-state index contributed by atoms with van der Waals surface area (Å²) in [7, 11) is 1.40. The van der Waals surface area contributed by atoms with Crippen LogP contribution < -0.4 is 4.74 Å². The summed E-state index contributed by atoms with van der Waals surface area (Å²) in [6.07, 6.45) is 0.607. The molecule has 0 fully saturated rings. The highest BCUT2D eigenvalue weighted by molar-refractivity contribution is 6.33. The number of hydrogen-bond donors (Lipinski definition) is 0. The van der Waals surface area contributed by atoms with Crippen LogP contribution in [0.15, 0.2) is 12.1 Å². The number of hydrogen-bond acceptors (Lipinski definition) is 3. The monoisotopic (exact) mass is 212 g/mol. The standard InChI is InChI=1S/C10H9ClO3/c1-6(13)9-7(5-12)3-4-8(11)10(9)14-2/h3-5H,1-2H3. The van der Waals surface area contributed by atoms with E-state index in [1.807, 2.05) is 0 Å². The fourth-order valence-electron chi connectivity index (χ4n) is 1.23. The Kier molecular flexibility index (Phi) is 3.25. The minimum atomic E-state index is -0.244. The van der Waals surface area contributed by atoms with Crippen molar-refractivity contribution >= 4 is 23.7 Å². The van der Waals surface area contributed by atoms with E-state index in [2.05, 4.69) is 0 Å². The Morgan fingerprint density at radius 1 is 1.50 bits per heavy atom. The quantitative estimate of drug-likeness (QED) is 0.571. The Balaban J connectivity index is 3.51. The fraction of sp³-hybridized carbons (Fsp3) is 0.200. The van der Waals surface area contributed by atoms with Gasteiger partial charge in [-0.3, -0.25) is 9.59 Å². The maximum absolute atomic E-state index is 11.3. The lowest BCUT2D eigenvalue weighted by molar-refractivity contribution is 0.100. The number of aldehydes is 1. The predicted octanol–water partition coefficient (Wildman–Crippen LogP) is 2.36. The van der Waals surface area contributed by atoms with Crippen molar-refractivity contribution in [3.05, 3.63) is 28.3 Å². The second-order valence-electron chi connectivity index (χ2n) is 2.72. The third kappa shape index (κ3) is 1.77. The van der Waals surface area contributed by atoms with Crippen LogP contribution in [0.3, 0.4) is 0 Å². The second kappa shape index (κ2) is 4.24. The molecule has 4 heteroatoms. The Bertz CT molecular complexity index is 385. The van der Waals surface area contributed by atoms with Crippen LogP contribution in [0, 0.1) is 0 Å². The van der Waals surface area contributed by atoms with Gasteiger partial charge in [-0.25, -0.2) is 0 Å². The van der Waals surface area contributed by atoms with Gasteiger partial charge in [0.1, 0.15) is 5.75 Å². The highest BCUT2D eigenvalue weighted by Crippen LogP contribution is 2.30. The first-order chi connectivity index (χ1) is 6.61. The second-order valence-corrected chi connectivity index (χ2v) is 3.13. The lowest BCUT2D eigenvalue weighted by atomic mass is 10.0. The van der Waals surface area contributed by atoms with E-state index in [0.29, 0.717) is 16.9 Å². The molecule has 0 saturated heterocycles. The van der Waals surface area contributed by atoms with Crippen LogP contribution in [0.1, 0.15) is 27.6 Å². The van der Waals surface area contributed by atoms with Crippen molar-refractivity contribution in [2.45, 2.75) is 6.92 Å². The molecule has 3 nitrogen and oxygen atoms in total. The molecule has 0 aliphatic rings. The number of benzene rings is 1. The Morgan fingerprint density at radius 3 is 2.57 bits per heavy atom. The van der Waals surface area contributed by atoms with Crippen molar-refractivity contribution in [1.82, 2.24) is 0 Å². The Morgan fingerprint density at radius 2 is 2.14 bits per heavy atom. The van der Waals surface area contributed by atoms with E-state index < -0.39 is 0 Å². The van der Waals surface area contributed by atoms with Crippen LogP contribution in [0.4, 0.5) is 0 Å². The van der Waals surface area contributed by atoms with E-state index >= 15 is 0 Å². The van der Waals surface area contributed by atoms with Crippen molar-refractivity contribution in [1.29, 1.82) is 0 Å². The average molecular weight is 213 g/mol. The van der Waals surface area contributed by atoms with Gasteiger partial charge in [-0.1, -0.05) is 11.6 Å². The van der Waals surface area contributed by atoms with E-state index in [1.165, 1.54) is 26.2 Å². The summed E-state index contributed by atoms with van der Waals surface area (Å²) in [5.41, 5.74) is 0.522. The summed E-state index contributed by atoms with van der Waals surface area (Å²) in [4.78, 5) is 21.9. The molecule has 0 spiro atoms. The molecule has 0 bridgehead atoms. The van der Waals surface area contributed by atoms with E-state index in [4.69, 9.17) is 16.3 Å². The minimum Gasteiger partial charge on any atom is -0.494 e. The SMILES string of the molecule is COc1c(Cl)ccc(C=O)c1C(C)=O. The van der Waals surface area contributed by atoms with Crippen molar-refractivity contribution in [2.24, 2.45) is 0 Å². The van der Waals surface area contributed by atoms with E-state index in [-0.39, 0.29) is 17.1 Å². The van der Waals surface area contributed by atoms with Gasteiger partial charge in [-0.15, -0.1) is 0 Å².